The summed E-state index contributed by atoms with van der Waals surface area (Å²) < 4.78 is 1.01. The van der Waals surface area contributed by atoms with Gasteiger partial charge in [-0.2, -0.15) is 9.66 Å². The normalized spacial score (nSPS) is 10.2. The second-order valence-corrected chi connectivity index (χ2v) is 4.36. The van der Waals surface area contributed by atoms with Crippen LogP contribution in [-0.4, -0.2) is 15.6 Å². The Bertz CT molecular complexity index is 431. The summed E-state index contributed by atoms with van der Waals surface area (Å²) >= 11 is 0. The van der Waals surface area contributed by atoms with Crippen molar-refractivity contribution in [3.05, 3.63) is 28.9 Å². The molecule has 1 aromatic heterocycles. The summed E-state index contributed by atoms with van der Waals surface area (Å²) in [6, 6.07) is 1.57. The van der Waals surface area contributed by atoms with Crippen molar-refractivity contribution in [3.8, 4) is 0 Å². The van der Waals surface area contributed by atoms with Crippen molar-refractivity contribution in [2.45, 2.75) is 51.9 Å². The van der Waals surface area contributed by atoms with Crippen LogP contribution in [0.4, 0.5) is 0 Å². The van der Waals surface area contributed by atoms with Gasteiger partial charge < -0.3 is 4.84 Å². The van der Waals surface area contributed by atoms with E-state index in [1.54, 1.807) is 6.07 Å². The third kappa shape index (κ3) is 6.59. The maximum absolute atomic E-state index is 11.4. The maximum atomic E-state index is 11.4. The lowest BCUT2D eigenvalue weighted by atomic mass is 10.1. The van der Waals surface area contributed by atoms with E-state index >= 15 is 0 Å². The minimum atomic E-state index is -0.519. The minimum Gasteiger partial charge on any atom is -0.328 e. The fourth-order valence-corrected chi connectivity index (χ4v) is 1.63. The number of unbranched alkanes of at least 4 members (excludes halogenated alkanes) is 5. The van der Waals surface area contributed by atoms with Gasteiger partial charge in [0.25, 0.3) is 0 Å². The molecule has 0 radical (unpaired) electrons. The summed E-state index contributed by atoms with van der Waals surface area (Å²) in [5, 5.41) is 0. The zero-order valence-electron chi connectivity index (χ0n) is 11.3. The van der Waals surface area contributed by atoms with Gasteiger partial charge in [0.05, 0.1) is 0 Å². The second kappa shape index (κ2) is 9.13. The van der Waals surface area contributed by atoms with Gasteiger partial charge in [0, 0.05) is 18.8 Å². The molecule has 0 aliphatic heterocycles. The van der Waals surface area contributed by atoms with Gasteiger partial charge in [-0.05, 0) is 12.5 Å². The first-order valence-electron chi connectivity index (χ1n) is 6.73. The van der Waals surface area contributed by atoms with Crippen molar-refractivity contribution in [1.29, 1.82) is 0 Å². The Kier molecular flexibility index (Phi) is 7.31. The standard InChI is InChI=1S/C13H21N3O3/c1-2-3-4-5-6-7-9-12(17)19-15-16-11-8-10-14-13(16)18/h8,10-11,15H,2-7,9H2,1H3. The van der Waals surface area contributed by atoms with Crippen molar-refractivity contribution in [2.24, 2.45) is 0 Å². The predicted molar refractivity (Wildman–Crippen MR) is 71.9 cm³/mol. The summed E-state index contributed by atoms with van der Waals surface area (Å²) in [4.78, 5) is 30.9. The van der Waals surface area contributed by atoms with E-state index in [0.29, 0.717) is 6.42 Å². The molecular formula is C13H21N3O3. The average Bonchev–Trinajstić information content (AvgIpc) is 2.42. The molecule has 0 amide bonds. The van der Waals surface area contributed by atoms with E-state index in [2.05, 4.69) is 17.5 Å². The molecule has 6 nitrogen and oxygen atoms in total. The largest absolute Gasteiger partial charge is 0.368 e. The molecule has 0 bridgehead atoms. The molecule has 0 spiro atoms. The van der Waals surface area contributed by atoms with Gasteiger partial charge in [-0.15, -0.1) is 5.59 Å². The molecule has 1 rings (SSSR count). The van der Waals surface area contributed by atoms with E-state index in [9.17, 15) is 9.59 Å². The summed E-state index contributed by atoms with van der Waals surface area (Å²) in [5.41, 5.74) is 1.75. The number of aromatic nitrogens is 2. The lowest BCUT2D eigenvalue weighted by Gasteiger charge is -2.07. The van der Waals surface area contributed by atoms with Gasteiger partial charge in [-0.1, -0.05) is 39.0 Å². The Balaban J connectivity index is 2.12. The topological polar surface area (TPSA) is 73.2 Å². The number of nitrogens with one attached hydrogen (secondary N) is 1. The zero-order chi connectivity index (χ0) is 13.9. The van der Waals surface area contributed by atoms with E-state index in [-0.39, 0.29) is 5.97 Å². The van der Waals surface area contributed by atoms with E-state index in [1.807, 2.05) is 0 Å². The van der Waals surface area contributed by atoms with Crippen LogP contribution in [0.5, 0.6) is 0 Å². The quantitative estimate of drug-likeness (QED) is 0.547. The number of carbonyl (C=O) groups is 1. The van der Waals surface area contributed by atoms with Crippen LogP contribution >= 0.6 is 0 Å². The van der Waals surface area contributed by atoms with Gasteiger partial charge in [0.2, 0.25) is 0 Å². The van der Waals surface area contributed by atoms with E-state index in [4.69, 9.17) is 4.84 Å². The highest BCUT2D eigenvalue weighted by atomic mass is 16.7. The van der Waals surface area contributed by atoms with Crippen molar-refractivity contribution in [2.75, 3.05) is 5.59 Å². The lowest BCUT2D eigenvalue weighted by Crippen LogP contribution is -2.31. The van der Waals surface area contributed by atoms with E-state index in [0.717, 1.165) is 23.9 Å². The molecule has 1 N–H and O–H groups in total. The minimum absolute atomic E-state index is 0.355. The Morgan fingerprint density at radius 2 is 2.05 bits per heavy atom. The van der Waals surface area contributed by atoms with Crippen molar-refractivity contribution < 1.29 is 9.63 Å². The zero-order valence-corrected chi connectivity index (χ0v) is 11.3. The molecule has 0 saturated carbocycles. The lowest BCUT2D eigenvalue weighted by molar-refractivity contribution is -0.142. The van der Waals surface area contributed by atoms with Crippen LogP contribution < -0.4 is 11.3 Å². The van der Waals surface area contributed by atoms with Gasteiger partial charge in [0.1, 0.15) is 0 Å². The van der Waals surface area contributed by atoms with Gasteiger partial charge in [-0.25, -0.2) is 9.59 Å². The highest BCUT2D eigenvalue weighted by molar-refractivity contribution is 5.69. The molecule has 106 valence electrons. The second-order valence-electron chi connectivity index (χ2n) is 4.36. The van der Waals surface area contributed by atoms with Gasteiger partial charge >= 0.3 is 11.7 Å². The molecule has 1 heterocycles. The third-order valence-electron chi connectivity index (χ3n) is 2.70. The highest BCUT2D eigenvalue weighted by Crippen LogP contribution is 2.07. The molecular weight excluding hydrogens is 246 g/mol. The summed E-state index contributed by atoms with van der Waals surface area (Å²) in [6.45, 7) is 2.17. The van der Waals surface area contributed by atoms with Crippen LogP contribution in [0.15, 0.2) is 23.3 Å². The number of nitrogens with zero attached hydrogens (tertiary/aromatic N) is 2. The maximum Gasteiger partial charge on any atom is 0.368 e. The van der Waals surface area contributed by atoms with Crippen molar-refractivity contribution in [3.63, 3.8) is 0 Å². The fraction of sp³-hybridized carbons (Fsp3) is 0.615. The molecule has 0 unspecified atom stereocenters. The molecule has 0 aromatic carbocycles. The van der Waals surface area contributed by atoms with Gasteiger partial charge in [-0.3, -0.25) is 0 Å². The van der Waals surface area contributed by atoms with E-state index in [1.165, 1.54) is 31.7 Å². The van der Waals surface area contributed by atoms with Crippen LogP contribution in [0.25, 0.3) is 0 Å². The van der Waals surface area contributed by atoms with Crippen molar-refractivity contribution >= 4 is 5.97 Å². The average molecular weight is 267 g/mol. The van der Waals surface area contributed by atoms with Crippen molar-refractivity contribution in [1.82, 2.24) is 9.66 Å². The number of carbonyl (C=O) groups excluding carboxylic acids is 1. The summed E-state index contributed by atoms with van der Waals surface area (Å²) in [6.07, 6.45) is 9.83. The third-order valence-corrected chi connectivity index (χ3v) is 2.70. The first-order chi connectivity index (χ1) is 9.24. The number of hydrogen-bond donors (Lipinski definition) is 1. The molecule has 19 heavy (non-hydrogen) atoms. The molecule has 0 aliphatic rings. The monoisotopic (exact) mass is 267 g/mol. The Labute approximate surface area is 112 Å². The molecule has 1 aromatic rings. The van der Waals surface area contributed by atoms with Crippen LogP contribution in [0.1, 0.15) is 51.9 Å². The predicted octanol–water partition coefficient (Wildman–Crippen LogP) is 2.00. The SMILES string of the molecule is CCCCCCCCC(=O)ONn1cccnc1=O. The van der Waals surface area contributed by atoms with Crippen LogP contribution in [-0.2, 0) is 9.63 Å². The number of rotatable bonds is 9. The molecule has 0 fully saturated rings. The Morgan fingerprint density at radius 1 is 1.32 bits per heavy atom. The molecule has 0 aliphatic carbocycles. The number of hydrogen-bond acceptors (Lipinski definition) is 5. The van der Waals surface area contributed by atoms with Gasteiger partial charge in [0.15, 0.2) is 0 Å². The smallest absolute Gasteiger partial charge is 0.328 e. The first-order valence-corrected chi connectivity index (χ1v) is 6.73. The van der Waals surface area contributed by atoms with Crippen LogP contribution in [0, 0.1) is 0 Å². The van der Waals surface area contributed by atoms with Crippen LogP contribution in [0.3, 0.4) is 0 Å². The Hall–Kier alpha value is -1.85. The highest BCUT2D eigenvalue weighted by Gasteiger charge is 2.03. The molecule has 0 saturated heterocycles. The summed E-state index contributed by atoms with van der Waals surface area (Å²) in [7, 11) is 0. The van der Waals surface area contributed by atoms with E-state index < -0.39 is 5.69 Å². The molecule has 6 heteroatoms. The van der Waals surface area contributed by atoms with Crippen LogP contribution in [0.2, 0.25) is 0 Å². The first kappa shape index (κ1) is 15.2. The fourth-order valence-electron chi connectivity index (χ4n) is 1.63. The summed E-state index contributed by atoms with van der Waals surface area (Å²) in [5.74, 6) is -0.369. The Morgan fingerprint density at radius 3 is 2.79 bits per heavy atom. The molecule has 0 atom stereocenters.